The highest BCUT2D eigenvalue weighted by Crippen LogP contribution is 2.36. The van der Waals surface area contributed by atoms with Gasteiger partial charge in [0.15, 0.2) is 0 Å². The second kappa shape index (κ2) is 3.77. The van der Waals surface area contributed by atoms with E-state index in [1.807, 2.05) is 12.1 Å². The Morgan fingerprint density at radius 1 is 1.41 bits per heavy atom. The number of piperidine rings is 1. The van der Waals surface area contributed by atoms with E-state index in [0.717, 1.165) is 37.2 Å². The molecule has 1 aromatic carbocycles. The molecule has 2 aliphatic rings. The van der Waals surface area contributed by atoms with Crippen molar-refractivity contribution < 1.29 is 4.79 Å². The zero-order chi connectivity index (χ0) is 11.8. The molecule has 1 fully saturated rings. The molecule has 0 spiro atoms. The van der Waals surface area contributed by atoms with E-state index in [4.69, 9.17) is 5.26 Å². The first-order valence-electron chi connectivity index (χ1n) is 5.91. The van der Waals surface area contributed by atoms with Crippen LogP contribution in [-0.4, -0.2) is 18.5 Å². The minimum atomic E-state index is -0.0507. The Kier molecular flexibility index (Phi) is 2.25. The maximum Gasteiger partial charge on any atom is 0.247 e. The van der Waals surface area contributed by atoms with Gasteiger partial charge in [0.05, 0.1) is 23.0 Å². The fourth-order valence-electron chi connectivity index (χ4n) is 2.65. The summed E-state index contributed by atoms with van der Waals surface area (Å²) in [6, 6.07) is 7.52. The highest BCUT2D eigenvalue weighted by molar-refractivity contribution is 6.03. The number of nitriles is 1. The summed E-state index contributed by atoms with van der Waals surface area (Å²) >= 11 is 0. The van der Waals surface area contributed by atoms with Gasteiger partial charge in [-0.05, 0) is 37.5 Å². The predicted octanol–water partition coefficient (Wildman–Crippen LogP) is 1.87. The van der Waals surface area contributed by atoms with Crippen molar-refractivity contribution in [1.29, 1.82) is 5.26 Å². The first-order valence-corrected chi connectivity index (χ1v) is 5.91. The first kappa shape index (κ1) is 10.2. The fraction of sp³-hybridized carbons (Fsp3) is 0.385. The van der Waals surface area contributed by atoms with E-state index in [2.05, 4.69) is 16.3 Å². The van der Waals surface area contributed by atoms with Crippen molar-refractivity contribution in [2.45, 2.75) is 25.3 Å². The van der Waals surface area contributed by atoms with Gasteiger partial charge in [-0.2, -0.15) is 5.26 Å². The van der Waals surface area contributed by atoms with E-state index in [9.17, 15) is 4.79 Å². The summed E-state index contributed by atoms with van der Waals surface area (Å²) in [5, 5.41) is 11.9. The molecule has 86 valence electrons. The van der Waals surface area contributed by atoms with Gasteiger partial charge >= 0.3 is 0 Å². The van der Waals surface area contributed by atoms with Gasteiger partial charge in [-0.15, -0.1) is 0 Å². The second-order valence-corrected chi connectivity index (χ2v) is 4.54. The van der Waals surface area contributed by atoms with Crippen molar-refractivity contribution in [3.05, 3.63) is 23.8 Å². The lowest BCUT2D eigenvalue weighted by molar-refractivity contribution is -0.118. The average Bonchev–Trinajstić information content (AvgIpc) is 2.39. The van der Waals surface area contributed by atoms with Crippen LogP contribution in [0.5, 0.6) is 0 Å². The van der Waals surface area contributed by atoms with Gasteiger partial charge in [0.2, 0.25) is 5.91 Å². The summed E-state index contributed by atoms with van der Waals surface area (Å²) in [7, 11) is 0. The number of benzene rings is 1. The minimum absolute atomic E-state index is 0.0507. The molecule has 0 aromatic heterocycles. The monoisotopic (exact) mass is 227 g/mol. The lowest BCUT2D eigenvalue weighted by atomic mass is 9.97. The van der Waals surface area contributed by atoms with Crippen LogP contribution in [0.2, 0.25) is 0 Å². The largest absolute Gasteiger partial charge is 0.358 e. The molecule has 3 rings (SSSR count). The Labute approximate surface area is 99.8 Å². The van der Waals surface area contributed by atoms with Crippen molar-refractivity contribution >= 4 is 17.3 Å². The lowest BCUT2D eigenvalue weighted by Gasteiger charge is -2.41. The number of rotatable bonds is 0. The van der Waals surface area contributed by atoms with Gasteiger partial charge < -0.3 is 10.2 Å². The van der Waals surface area contributed by atoms with Crippen molar-refractivity contribution in [2.24, 2.45) is 0 Å². The number of hydrogen-bond donors (Lipinski definition) is 1. The van der Waals surface area contributed by atoms with Crippen LogP contribution >= 0.6 is 0 Å². The molecule has 1 saturated heterocycles. The SMILES string of the molecule is N#Cc1ccc2c(c1)N1CCCC[C@H]1C(=O)N2. The molecule has 1 atom stereocenters. The van der Waals surface area contributed by atoms with Gasteiger partial charge in [-0.1, -0.05) is 0 Å². The average molecular weight is 227 g/mol. The molecule has 0 unspecified atom stereocenters. The highest BCUT2D eigenvalue weighted by atomic mass is 16.2. The number of anilines is 2. The molecule has 0 radical (unpaired) electrons. The molecule has 0 aliphatic carbocycles. The third kappa shape index (κ3) is 1.55. The Hall–Kier alpha value is -2.02. The van der Waals surface area contributed by atoms with Crippen LogP contribution in [0.15, 0.2) is 18.2 Å². The van der Waals surface area contributed by atoms with Crippen LogP contribution < -0.4 is 10.2 Å². The van der Waals surface area contributed by atoms with E-state index in [1.54, 1.807) is 6.07 Å². The van der Waals surface area contributed by atoms with Crippen molar-refractivity contribution in [3.8, 4) is 6.07 Å². The van der Waals surface area contributed by atoms with Crippen LogP contribution in [0, 0.1) is 11.3 Å². The Balaban J connectivity index is 2.08. The Morgan fingerprint density at radius 3 is 3.12 bits per heavy atom. The standard InChI is InChI=1S/C13H13N3O/c14-8-9-4-5-10-12(7-9)16-6-2-1-3-11(16)13(17)15-10/h4-5,7,11H,1-3,6H2,(H,15,17)/t11-/m0/s1. The zero-order valence-electron chi connectivity index (χ0n) is 9.44. The fourth-order valence-corrected chi connectivity index (χ4v) is 2.65. The quantitative estimate of drug-likeness (QED) is 0.736. The van der Waals surface area contributed by atoms with Gasteiger partial charge in [-0.25, -0.2) is 0 Å². The zero-order valence-corrected chi connectivity index (χ0v) is 9.44. The number of nitrogens with zero attached hydrogens (tertiary/aromatic N) is 2. The van der Waals surface area contributed by atoms with Crippen LogP contribution in [0.4, 0.5) is 11.4 Å². The normalized spacial score (nSPS) is 22.2. The van der Waals surface area contributed by atoms with Gasteiger partial charge in [0.25, 0.3) is 0 Å². The molecule has 4 heteroatoms. The molecule has 1 N–H and O–H groups in total. The third-order valence-corrected chi connectivity index (χ3v) is 3.50. The number of carbonyl (C=O) groups is 1. The summed E-state index contributed by atoms with van der Waals surface area (Å²) in [5.41, 5.74) is 2.46. The van der Waals surface area contributed by atoms with E-state index < -0.39 is 0 Å². The summed E-state index contributed by atoms with van der Waals surface area (Å²) < 4.78 is 0. The number of hydrogen-bond acceptors (Lipinski definition) is 3. The van der Waals surface area contributed by atoms with Crippen LogP contribution in [0.25, 0.3) is 0 Å². The molecule has 17 heavy (non-hydrogen) atoms. The van der Waals surface area contributed by atoms with Crippen LogP contribution in [-0.2, 0) is 4.79 Å². The van der Waals surface area contributed by atoms with Crippen LogP contribution in [0.3, 0.4) is 0 Å². The molecule has 4 nitrogen and oxygen atoms in total. The summed E-state index contributed by atoms with van der Waals surface area (Å²) in [6.07, 6.45) is 3.11. The maximum absolute atomic E-state index is 11.9. The van der Waals surface area contributed by atoms with Gasteiger partial charge in [0, 0.05) is 6.54 Å². The van der Waals surface area contributed by atoms with E-state index >= 15 is 0 Å². The molecular weight excluding hydrogens is 214 g/mol. The smallest absolute Gasteiger partial charge is 0.247 e. The number of nitrogens with one attached hydrogen (secondary N) is 1. The third-order valence-electron chi connectivity index (χ3n) is 3.50. The maximum atomic E-state index is 11.9. The Morgan fingerprint density at radius 2 is 2.29 bits per heavy atom. The molecule has 0 bridgehead atoms. The van der Waals surface area contributed by atoms with Crippen molar-refractivity contribution in [1.82, 2.24) is 0 Å². The van der Waals surface area contributed by atoms with Crippen LogP contribution in [0.1, 0.15) is 24.8 Å². The molecule has 1 aromatic rings. The highest BCUT2D eigenvalue weighted by Gasteiger charge is 2.34. The molecule has 2 aliphatic heterocycles. The van der Waals surface area contributed by atoms with E-state index in [0.29, 0.717) is 5.56 Å². The minimum Gasteiger partial charge on any atom is -0.358 e. The molecule has 1 amide bonds. The second-order valence-electron chi connectivity index (χ2n) is 4.54. The number of carbonyl (C=O) groups excluding carboxylic acids is 1. The van der Waals surface area contributed by atoms with Gasteiger partial charge in [0.1, 0.15) is 6.04 Å². The summed E-state index contributed by atoms with van der Waals surface area (Å²) in [6.45, 7) is 0.903. The Bertz CT molecular complexity index is 518. The topological polar surface area (TPSA) is 56.1 Å². The van der Waals surface area contributed by atoms with Gasteiger partial charge in [-0.3, -0.25) is 4.79 Å². The predicted molar refractivity (Wildman–Crippen MR) is 64.8 cm³/mol. The number of fused-ring (bicyclic) bond motifs is 3. The van der Waals surface area contributed by atoms with Crippen molar-refractivity contribution in [2.75, 3.05) is 16.8 Å². The summed E-state index contributed by atoms with van der Waals surface area (Å²) in [5.74, 6) is 0.0851. The van der Waals surface area contributed by atoms with Crippen molar-refractivity contribution in [3.63, 3.8) is 0 Å². The lowest BCUT2D eigenvalue weighted by Crippen LogP contribution is -2.50. The molecular formula is C13H13N3O. The van der Waals surface area contributed by atoms with E-state index in [-0.39, 0.29) is 11.9 Å². The molecule has 2 heterocycles. The molecule has 0 saturated carbocycles. The first-order chi connectivity index (χ1) is 8.29. The van der Waals surface area contributed by atoms with E-state index in [1.165, 1.54) is 0 Å². The summed E-state index contributed by atoms with van der Waals surface area (Å²) in [4.78, 5) is 14.1. The number of amides is 1.